The Balaban J connectivity index is 1.23. The first-order valence-electron chi connectivity index (χ1n) is 11.1. The normalized spacial score (nSPS) is 13.1. The summed E-state index contributed by atoms with van der Waals surface area (Å²) in [5, 5.41) is 12.0. The van der Waals surface area contributed by atoms with Crippen molar-refractivity contribution in [3.05, 3.63) is 103 Å². The Hall–Kier alpha value is -4.63. The maximum absolute atomic E-state index is 12.3. The Labute approximate surface area is 201 Å². The van der Waals surface area contributed by atoms with Crippen molar-refractivity contribution in [1.29, 1.82) is 0 Å². The Morgan fingerprint density at radius 2 is 1.71 bits per heavy atom. The minimum Gasteiger partial charge on any atom is -0.487 e. The molecular formula is C26H23N5O4. The summed E-state index contributed by atoms with van der Waals surface area (Å²) in [7, 11) is 0. The molecule has 5 rings (SSSR count). The molecule has 0 bridgehead atoms. The molecule has 1 aliphatic heterocycles. The van der Waals surface area contributed by atoms with E-state index in [-0.39, 0.29) is 12.0 Å². The first kappa shape index (κ1) is 22.2. The summed E-state index contributed by atoms with van der Waals surface area (Å²) in [6.45, 7) is 1.27. The van der Waals surface area contributed by atoms with E-state index in [0.717, 1.165) is 5.69 Å². The first-order chi connectivity index (χ1) is 17.1. The van der Waals surface area contributed by atoms with Gasteiger partial charge in [0.05, 0.1) is 35.6 Å². The van der Waals surface area contributed by atoms with Crippen LogP contribution in [0.15, 0.2) is 91.5 Å². The number of amides is 2. The molecule has 0 saturated carbocycles. The molecule has 3 N–H and O–H groups in total. The topological polar surface area (TPSA) is 109 Å². The van der Waals surface area contributed by atoms with E-state index < -0.39 is 5.91 Å². The zero-order chi connectivity index (χ0) is 24.2. The number of carbonyl (C=O) groups is 2. The third-order valence-electron chi connectivity index (χ3n) is 5.75. The summed E-state index contributed by atoms with van der Waals surface area (Å²) in [5.74, 6) is -0.0929. The minimum atomic E-state index is -0.570. The minimum absolute atomic E-state index is 0.0290. The summed E-state index contributed by atoms with van der Waals surface area (Å²) in [6, 6.07) is 19.8. The Morgan fingerprint density at radius 3 is 2.40 bits per heavy atom. The van der Waals surface area contributed by atoms with Crippen LogP contribution in [-0.4, -0.2) is 45.8 Å². The lowest BCUT2D eigenvalue weighted by Gasteiger charge is -2.41. The predicted octanol–water partition coefficient (Wildman–Crippen LogP) is 3.51. The van der Waals surface area contributed by atoms with Crippen LogP contribution in [0.4, 0.5) is 11.4 Å². The van der Waals surface area contributed by atoms with E-state index in [1.807, 2.05) is 47.3 Å². The highest BCUT2D eigenvalue weighted by Gasteiger charge is 2.31. The van der Waals surface area contributed by atoms with Crippen LogP contribution < -0.4 is 20.4 Å². The van der Waals surface area contributed by atoms with Gasteiger partial charge in [0.25, 0.3) is 11.8 Å². The lowest BCUT2D eigenvalue weighted by atomic mass is 10.0. The van der Waals surface area contributed by atoms with Gasteiger partial charge in [-0.3, -0.25) is 19.8 Å². The van der Waals surface area contributed by atoms with Crippen molar-refractivity contribution < 1.29 is 19.5 Å². The molecule has 0 unspecified atom stereocenters. The number of rotatable bonds is 7. The molecule has 2 aromatic heterocycles. The second-order valence-electron chi connectivity index (χ2n) is 8.07. The fourth-order valence-electron chi connectivity index (χ4n) is 4.00. The van der Waals surface area contributed by atoms with Crippen molar-refractivity contribution in [2.45, 2.75) is 6.10 Å². The van der Waals surface area contributed by atoms with Crippen molar-refractivity contribution in [2.75, 3.05) is 23.3 Å². The van der Waals surface area contributed by atoms with Gasteiger partial charge in [-0.25, -0.2) is 5.48 Å². The third kappa shape index (κ3) is 4.71. The highest BCUT2D eigenvalue weighted by Crippen LogP contribution is 2.32. The van der Waals surface area contributed by atoms with Gasteiger partial charge in [-0.2, -0.15) is 0 Å². The van der Waals surface area contributed by atoms with Gasteiger partial charge in [-0.15, -0.1) is 0 Å². The zero-order valence-corrected chi connectivity index (χ0v) is 18.7. The molecule has 4 aromatic rings. The SMILES string of the molecule is O=C(Nc1ccc(OC2CN(c3cccc(C(=O)NO)c3-n3cccc3)C2)cc1)c1cccnc1. The van der Waals surface area contributed by atoms with E-state index >= 15 is 0 Å². The van der Waals surface area contributed by atoms with Crippen LogP contribution in [0.1, 0.15) is 20.7 Å². The van der Waals surface area contributed by atoms with Gasteiger partial charge >= 0.3 is 0 Å². The third-order valence-corrected chi connectivity index (χ3v) is 5.75. The quantitative estimate of drug-likeness (QED) is 0.282. The van der Waals surface area contributed by atoms with Crippen LogP contribution >= 0.6 is 0 Å². The number of hydroxylamine groups is 1. The molecule has 35 heavy (non-hydrogen) atoms. The number of anilines is 2. The molecule has 176 valence electrons. The van der Waals surface area contributed by atoms with Crippen LogP contribution in [0, 0.1) is 0 Å². The molecule has 3 heterocycles. The Bertz CT molecular complexity index is 1320. The first-order valence-corrected chi connectivity index (χ1v) is 11.1. The average Bonchev–Trinajstić information content (AvgIpc) is 3.41. The van der Waals surface area contributed by atoms with Crippen molar-refractivity contribution in [2.24, 2.45) is 0 Å². The summed E-state index contributed by atoms with van der Waals surface area (Å²) < 4.78 is 7.94. The molecule has 9 nitrogen and oxygen atoms in total. The molecule has 1 fully saturated rings. The van der Waals surface area contributed by atoms with Gasteiger partial charge in [0.15, 0.2) is 0 Å². The maximum Gasteiger partial charge on any atom is 0.276 e. The van der Waals surface area contributed by atoms with Gasteiger partial charge in [-0.05, 0) is 60.7 Å². The molecular weight excluding hydrogens is 446 g/mol. The standard InChI is InChI=1S/C26H23N5O4/c32-25(18-5-4-12-27-15-18)28-19-8-10-20(11-9-19)35-21-16-31(17-21)23-7-3-6-22(26(33)29-34)24(23)30-13-1-2-14-30/h1-15,21,34H,16-17H2,(H,28,32)(H,29,33). The van der Waals surface area contributed by atoms with Crippen molar-refractivity contribution in [1.82, 2.24) is 15.0 Å². The molecule has 0 spiro atoms. The summed E-state index contributed by atoms with van der Waals surface area (Å²) in [4.78, 5) is 30.6. The predicted molar refractivity (Wildman–Crippen MR) is 130 cm³/mol. The van der Waals surface area contributed by atoms with E-state index in [4.69, 9.17) is 4.74 Å². The average molecular weight is 470 g/mol. The molecule has 0 aliphatic carbocycles. The molecule has 2 aromatic carbocycles. The number of benzene rings is 2. The summed E-state index contributed by atoms with van der Waals surface area (Å²) in [5.41, 5.74) is 4.81. The number of nitrogens with one attached hydrogen (secondary N) is 2. The number of aromatic nitrogens is 2. The zero-order valence-electron chi connectivity index (χ0n) is 18.7. The summed E-state index contributed by atoms with van der Waals surface area (Å²) in [6.07, 6.45) is 6.82. The molecule has 1 saturated heterocycles. The lowest BCUT2D eigenvalue weighted by Crippen LogP contribution is -2.54. The maximum atomic E-state index is 12.3. The molecule has 0 radical (unpaired) electrons. The molecule has 9 heteroatoms. The fourth-order valence-corrected chi connectivity index (χ4v) is 4.00. The number of pyridine rings is 1. The number of ether oxygens (including phenoxy) is 1. The van der Waals surface area contributed by atoms with Gasteiger partial charge in [0.1, 0.15) is 11.9 Å². The van der Waals surface area contributed by atoms with Crippen molar-refractivity contribution in [3.8, 4) is 11.4 Å². The second kappa shape index (κ2) is 9.70. The smallest absolute Gasteiger partial charge is 0.276 e. The van der Waals surface area contributed by atoms with Crippen molar-refractivity contribution >= 4 is 23.2 Å². The van der Waals surface area contributed by atoms with Crippen LogP contribution in [0.3, 0.4) is 0 Å². The number of para-hydroxylation sites is 1. The summed E-state index contributed by atoms with van der Waals surface area (Å²) >= 11 is 0. The fraction of sp³-hybridized carbons (Fsp3) is 0.115. The number of carbonyl (C=O) groups excluding carboxylic acids is 2. The van der Waals surface area contributed by atoms with Crippen LogP contribution in [0.25, 0.3) is 5.69 Å². The van der Waals surface area contributed by atoms with E-state index in [2.05, 4.69) is 15.2 Å². The Morgan fingerprint density at radius 1 is 0.943 bits per heavy atom. The van der Waals surface area contributed by atoms with Gasteiger partial charge in [0.2, 0.25) is 0 Å². The van der Waals surface area contributed by atoms with E-state index in [1.165, 1.54) is 6.20 Å². The number of hydrogen-bond donors (Lipinski definition) is 3. The lowest BCUT2D eigenvalue weighted by molar-refractivity contribution is 0.0706. The number of nitrogens with zero attached hydrogens (tertiary/aromatic N) is 3. The van der Waals surface area contributed by atoms with Crippen LogP contribution in [0.5, 0.6) is 5.75 Å². The van der Waals surface area contributed by atoms with Gasteiger partial charge < -0.3 is 19.5 Å². The second-order valence-corrected chi connectivity index (χ2v) is 8.07. The highest BCUT2D eigenvalue weighted by molar-refractivity contribution is 6.04. The monoisotopic (exact) mass is 469 g/mol. The van der Waals surface area contributed by atoms with Crippen molar-refractivity contribution in [3.63, 3.8) is 0 Å². The van der Waals surface area contributed by atoms with Crippen LogP contribution in [-0.2, 0) is 0 Å². The highest BCUT2D eigenvalue weighted by atomic mass is 16.5. The largest absolute Gasteiger partial charge is 0.487 e. The Kier molecular flexibility index (Phi) is 6.15. The molecule has 0 atom stereocenters. The van der Waals surface area contributed by atoms with Gasteiger partial charge in [-0.1, -0.05) is 6.07 Å². The van der Waals surface area contributed by atoms with Crippen LogP contribution in [0.2, 0.25) is 0 Å². The van der Waals surface area contributed by atoms with E-state index in [0.29, 0.717) is 41.3 Å². The van der Waals surface area contributed by atoms with Gasteiger partial charge in [0, 0.05) is 30.5 Å². The number of hydrogen-bond acceptors (Lipinski definition) is 6. The van der Waals surface area contributed by atoms with E-state index in [9.17, 15) is 14.8 Å². The van der Waals surface area contributed by atoms with E-state index in [1.54, 1.807) is 48.1 Å². The molecule has 1 aliphatic rings. The molecule has 2 amide bonds.